The number of amidine groups is 1. The number of hydrogen-bond acceptors (Lipinski definition) is 4. The fraction of sp³-hybridized carbons (Fsp3) is 0.333. The second-order valence-electron chi connectivity index (χ2n) is 2.96. The van der Waals surface area contributed by atoms with Crippen molar-refractivity contribution in [2.75, 3.05) is 6.54 Å². The molecule has 5 heteroatoms. The fourth-order valence-electron chi connectivity index (χ4n) is 1.05. The van der Waals surface area contributed by atoms with Gasteiger partial charge < -0.3 is 16.3 Å². The van der Waals surface area contributed by atoms with Crippen molar-refractivity contribution < 1.29 is 5.21 Å². The molecule has 0 saturated heterocycles. The van der Waals surface area contributed by atoms with Crippen molar-refractivity contribution in [3.05, 3.63) is 29.6 Å². The third-order valence-electron chi connectivity index (χ3n) is 1.84. The number of aryl methyl sites for hydroxylation is 1. The van der Waals surface area contributed by atoms with Crippen LogP contribution >= 0.6 is 0 Å². The lowest BCUT2D eigenvalue weighted by Gasteiger charge is -2.05. The van der Waals surface area contributed by atoms with Crippen LogP contribution in [0.4, 0.5) is 0 Å². The molecule has 0 spiro atoms. The zero-order chi connectivity index (χ0) is 10.4. The summed E-state index contributed by atoms with van der Waals surface area (Å²) in [5, 5.41) is 14.2. The van der Waals surface area contributed by atoms with E-state index in [0.29, 0.717) is 13.1 Å². The number of hydrogen-bond donors (Lipinski definition) is 3. The van der Waals surface area contributed by atoms with E-state index in [-0.39, 0.29) is 5.84 Å². The lowest BCUT2D eigenvalue weighted by atomic mass is 10.2. The van der Waals surface area contributed by atoms with E-state index in [0.717, 1.165) is 11.3 Å². The van der Waals surface area contributed by atoms with E-state index < -0.39 is 0 Å². The van der Waals surface area contributed by atoms with Gasteiger partial charge in [-0.1, -0.05) is 11.2 Å². The van der Waals surface area contributed by atoms with Crippen LogP contribution in [0.2, 0.25) is 0 Å². The molecule has 14 heavy (non-hydrogen) atoms. The van der Waals surface area contributed by atoms with Crippen molar-refractivity contribution in [3.8, 4) is 0 Å². The fourth-order valence-corrected chi connectivity index (χ4v) is 1.05. The molecule has 0 saturated carbocycles. The van der Waals surface area contributed by atoms with Crippen LogP contribution in [0.25, 0.3) is 0 Å². The van der Waals surface area contributed by atoms with Crippen LogP contribution < -0.4 is 11.1 Å². The number of nitrogens with two attached hydrogens (primary N) is 1. The molecule has 1 heterocycles. The van der Waals surface area contributed by atoms with Crippen LogP contribution in [-0.4, -0.2) is 22.6 Å². The molecule has 0 aromatic carbocycles. The first kappa shape index (κ1) is 10.5. The molecular weight excluding hydrogens is 180 g/mol. The van der Waals surface area contributed by atoms with Crippen molar-refractivity contribution in [3.63, 3.8) is 0 Å². The van der Waals surface area contributed by atoms with Gasteiger partial charge in [-0.15, -0.1) is 0 Å². The average Bonchev–Trinajstić information content (AvgIpc) is 2.20. The maximum Gasteiger partial charge on any atom is 0.153 e. The van der Waals surface area contributed by atoms with E-state index >= 15 is 0 Å². The number of oxime groups is 1. The Balaban J connectivity index is 2.43. The monoisotopic (exact) mass is 194 g/mol. The third-order valence-corrected chi connectivity index (χ3v) is 1.84. The molecule has 0 aliphatic heterocycles. The lowest BCUT2D eigenvalue weighted by Crippen LogP contribution is -2.29. The minimum absolute atomic E-state index is 0.165. The number of rotatable bonds is 4. The Morgan fingerprint density at radius 1 is 1.71 bits per heavy atom. The SMILES string of the molecule is Cc1cccnc1CNCC(N)=NO. The van der Waals surface area contributed by atoms with Gasteiger partial charge in [-0.25, -0.2) is 0 Å². The van der Waals surface area contributed by atoms with E-state index in [4.69, 9.17) is 10.9 Å². The second kappa shape index (κ2) is 5.18. The predicted molar refractivity (Wildman–Crippen MR) is 54.1 cm³/mol. The molecule has 4 N–H and O–H groups in total. The first-order chi connectivity index (χ1) is 6.74. The molecule has 0 fully saturated rings. The standard InChI is InChI=1S/C9H14N4O/c1-7-3-2-4-12-8(7)5-11-6-9(10)13-14/h2-4,11,14H,5-6H2,1H3,(H2,10,13). The number of aromatic nitrogens is 1. The van der Waals surface area contributed by atoms with Gasteiger partial charge in [0, 0.05) is 12.7 Å². The van der Waals surface area contributed by atoms with E-state index in [2.05, 4.69) is 15.5 Å². The summed E-state index contributed by atoms with van der Waals surface area (Å²) in [5.41, 5.74) is 7.39. The summed E-state index contributed by atoms with van der Waals surface area (Å²) in [5.74, 6) is 0.165. The van der Waals surface area contributed by atoms with Crippen molar-refractivity contribution in [2.45, 2.75) is 13.5 Å². The molecule has 1 aromatic rings. The first-order valence-electron chi connectivity index (χ1n) is 4.31. The lowest BCUT2D eigenvalue weighted by molar-refractivity contribution is 0.317. The van der Waals surface area contributed by atoms with E-state index in [1.54, 1.807) is 6.20 Å². The van der Waals surface area contributed by atoms with E-state index in [1.807, 2.05) is 19.1 Å². The van der Waals surface area contributed by atoms with Gasteiger partial charge in [-0.05, 0) is 18.6 Å². The molecule has 0 amide bonds. The van der Waals surface area contributed by atoms with Crippen LogP contribution in [0.1, 0.15) is 11.3 Å². The molecule has 0 unspecified atom stereocenters. The minimum Gasteiger partial charge on any atom is -0.409 e. The van der Waals surface area contributed by atoms with Crippen molar-refractivity contribution in [2.24, 2.45) is 10.9 Å². The van der Waals surface area contributed by atoms with E-state index in [9.17, 15) is 0 Å². The maximum atomic E-state index is 8.29. The Labute approximate surface area is 82.6 Å². The maximum absolute atomic E-state index is 8.29. The minimum atomic E-state index is 0.165. The average molecular weight is 194 g/mol. The first-order valence-corrected chi connectivity index (χ1v) is 4.31. The molecule has 76 valence electrons. The largest absolute Gasteiger partial charge is 0.409 e. The van der Waals surface area contributed by atoms with Gasteiger partial charge in [0.15, 0.2) is 5.84 Å². The molecule has 0 radical (unpaired) electrons. The smallest absolute Gasteiger partial charge is 0.153 e. The van der Waals surface area contributed by atoms with Crippen LogP contribution in [0, 0.1) is 6.92 Å². The Morgan fingerprint density at radius 3 is 3.14 bits per heavy atom. The van der Waals surface area contributed by atoms with Gasteiger partial charge in [-0.3, -0.25) is 4.98 Å². The highest BCUT2D eigenvalue weighted by atomic mass is 16.4. The Hall–Kier alpha value is -1.62. The Kier molecular flexibility index (Phi) is 3.87. The summed E-state index contributed by atoms with van der Waals surface area (Å²) in [7, 11) is 0. The van der Waals surface area contributed by atoms with Gasteiger partial charge in [0.2, 0.25) is 0 Å². The van der Waals surface area contributed by atoms with Crippen molar-refractivity contribution in [1.29, 1.82) is 0 Å². The zero-order valence-electron chi connectivity index (χ0n) is 8.07. The van der Waals surface area contributed by atoms with Gasteiger partial charge in [-0.2, -0.15) is 0 Å². The van der Waals surface area contributed by atoms with Crippen LogP contribution in [-0.2, 0) is 6.54 Å². The topological polar surface area (TPSA) is 83.5 Å². The van der Waals surface area contributed by atoms with Gasteiger partial charge in [0.05, 0.1) is 12.2 Å². The number of pyridine rings is 1. The van der Waals surface area contributed by atoms with Gasteiger partial charge >= 0.3 is 0 Å². The van der Waals surface area contributed by atoms with Crippen LogP contribution in [0.3, 0.4) is 0 Å². The molecule has 0 bridgehead atoms. The highest BCUT2D eigenvalue weighted by molar-refractivity contribution is 5.81. The summed E-state index contributed by atoms with van der Waals surface area (Å²) in [6.45, 7) is 2.96. The summed E-state index contributed by atoms with van der Waals surface area (Å²) in [6, 6.07) is 3.88. The van der Waals surface area contributed by atoms with Gasteiger partial charge in [0.1, 0.15) is 0 Å². The molecule has 1 rings (SSSR count). The molecular formula is C9H14N4O. The van der Waals surface area contributed by atoms with E-state index in [1.165, 1.54) is 0 Å². The van der Waals surface area contributed by atoms with Gasteiger partial charge in [0.25, 0.3) is 0 Å². The number of nitrogens with one attached hydrogen (secondary N) is 1. The molecule has 0 aliphatic rings. The summed E-state index contributed by atoms with van der Waals surface area (Å²) in [4.78, 5) is 4.20. The highest BCUT2D eigenvalue weighted by Gasteiger charge is 1.98. The predicted octanol–water partition coefficient (Wildman–Crippen LogP) is 0.226. The molecule has 1 aromatic heterocycles. The molecule has 5 nitrogen and oxygen atoms in total. The molecule has 0 atom stereocenters. The van der Waals surface area contributed by atoms with Crippen molar-refractivity contribution in [1.82, 2.24) is 10.3 Å². The van der Waals surface area contributed by atoms with Crippen molar-refractivity contribution >= 4 is 5.84 Å². The third kappa shape index (κ3) is 3.02. The zero-order valence-corrected chi connectivity index (χ0v) is 8.07. The highest BCUT2D eigenvalue weighted by Crippen LogP contribution is 2.01. The Bertz CT molecular complexity index is 324. The summed E-state index contributed by atoms with van der Waals surface area (Å²) >= 11 is 0. The normalized spacial score (nSPS) is 11.6. The summed E-state index contributed by atoms with van der Waals surface area (Å²) < 4.78 is 0. The quantitative estimate of drug-likeness (QED) is 0.277. The Morgan fingerprint density at radius 2 is 2.50 bits per heavy atom. The number of nitrogens with zero attached hydrogens (tertiary/aromatic N) is 2. The second-order valence-corrected chi connectivity index (χ2v) is 2.96. The van der Waals surface area contributed by atoms with Crippen LogP contribution in [0.15, 0.2) is 23.5 Å². The molecule has 0 aliphatic carbocycles. The van der Waals surface area contributed by atoms with Crippen LogP contribution in [0.5, 0.6) is 0 Å². The summed E-state index contributed by atoms with van der Waals surface area (Å²) in [6.07, 6.45) is 1.74.